The third-order valence-electron chi connectivity index (χ3n) is 2.13. The zero-order valence-electron chi connectivity index (χ0n) is 8.24. The van der Waals surface area contributed by atoms with Crippen molar-refractivity contribution in [2.75, 3.05) is 5.73 Å². The Balaban J connectivity index is 2.49. The molecule has 1 heterocycles. The number of anilines is 1. The molecule has 0 aliphatic rings. The first kappa shape index (κ1) is 8.81. The number of aromatic nitrogens is 1. The molecule has 2 rings (SSSR count). The summed E-state index contributed by atoms with van der Waals surface area (Å²) in [7, 11) is 0. The van der Waals surface area contributed by atoms with Crippen LogP contribution < -0.4 is 5.73 Å². The van der Waals surface area contributed by atoms with Crippen LogP contribution in [0.25, 0.3) is 11.3 Å². The first-order chi connectivity index (χ1) is 6.66. The summed E-state index contributed by atoms with van der Waals surface area (Å²) in [4.78, 5) is 4.02. The molecule has 0 amide bonds. The number of hydrogen-bond donors (Lipinski definition) is 1. The minimum atomic E-state index is 0.220. The van der Waals surface area contributed by atoms with E-state index in [9.17, 15) is 0 Å². The molecule has 3 heteroatoms. The monoisotopic (exact) mass is 188 g/mol. The summed E-state index contributed by atoms with van der Waals surface area (Å²) < 4.78 is 5.31. The van der Waals surface area contributed by atoms with E-state index < -0.39 is 0 Å². The molecule has 14 heavy (non-hydrogen) atoms. The molecule has 0 unspecified atom stereocenters. The zero-order valence-corrected chi connectivity index (χ0v) is 8.24. The average Bonchev–Trinajstić information content (AvgIpc) is 2.47. The minimum absolute atomic E-state index is 0.220. The Labute approximate surface area is 82.6 Å². The van der Waals surface area contributed by atoms with E-state index in [1.54, 1.807) is 0 Å². The number of aryl methyl sites for hydroxylation is 2. The van der Waals surface area contributed by atoms with Gasteiger partial charge in [0.2, 0.25) is 0 Å². The molecule has 1 aromatic carbocycles. The molecule has 0 fully saturated rings. The molecule has 0 bridgehead atoms. The van der Waals surface area contributed by atoms with E-state index in [4.69, 9.17) is 10.2 Å². The maximum atomic E-state index is 5.47. The Bertz CT molecular complexity index is 443. The third-order valence-corrected chi connectivity index (χ3v) is 2.13. The van der Waals surface area contributed by atoms with E-state index in [2.05, 4.69) is 4.98 Å². The number of hydrogen-bond acceptors (Lipinski definition) is 3. The lowest BCUT2D eigenvalue weighted by Crippen LogP contribution is -1.81. The van der Waals surface area contributed by atoms with Crippen molar-refractivity contribution in [3.8, 4) is 11.3 Å². The predicted octanol–water partition coefficient (Wildman–Crippen LogP) is 2.54. The summed E-state index contributed by atoms with van der Waals surface area (Å²) in [5, 5.41) is 0. The number of rotatable bonds is 1. The second-order valence-corrected chi connectivity index (χ2v) is 3.33. The van der Waals surface area contributed by atoms with Crippen LogP contribution in [0.15, 0.2) is 28.7 Å². The van der Waals surface area contributed by atoms with Gasteiger partial charge in [0.25, 0.3) is 6.01 Å². The molecule has 0 aliphatic carbocycles. The predicted molar refractivity (Wildman–Crippen MR) is 55.8 cm³/mol. The quantitative estimate of drug-likeness (QED) is 0.748. The SMILES string of the molecule is Cc1ccc(-c2oc(N)nc2C)cc1. The highest BCUT2D eigenvalue weighted by atomic mass is 16.4. The molecule has 1 aromatic heterocycles. The van der Waals surface area contributed by atoms with Gasteiger partial charge in [-0.15, -0.1) is 0 Å². The van der Waals surface area contributed by atoms with Gasteiger partial charge in [0.1, 0.15) is 0 Å². The molecular weight excluding hydrogens is 176 g/mol. The first-order valence-corrected chi connectivity index (χ1v) is 4.47. The maximum absolute atomic E-state index is 5.47. The smallest absolute Gasteiger partial charge is 0.292 e. The fourth-order valence-electron chi connectivity index (χ4n) is 1.39. The van der Waals surface area contributed by atoms with Crippen LogP contribution in [0.5, 0.6) is 0 Å². The molecule has 0 spiro atoms. The fraction of sp³-hybridized carbons (Fsp3) is 0.182. The highest BCUT2D eigenvalue weighted by molar-refractivity contribution is 5.60. The van der Waals surface area contributed by atoms with E-state index in [-0.39, 0.29) is 6.01 Å². The minimum Gasteiger partial charge on any atom is -0.423 e. The summed E-state index contributed by atoms with van der Waals surface area (Å²) in [6.07, 6.45) is 0. The van der Waals surface area contributed by atoms with Gasteiger partial charge < -0.3 is 10.2 Å². The van der Waals surface area contributed by atoms with Crippen molar-refractivity contribution in [1.82, 2.24) is 4.98 Å². The summed E-state index contributed by atoms with van der Waals surface area (Å²) >= 11 is 0. The zero-order chi connectivity index (χ0) is 10.1. The molecule has 0 atom stereocenters. The van der Waals surface area contributed by atoms with Crippen LogP contribution in [-0.4, -0.2) is 4.98 Å². The normalized spacial score (nSPS) is 10.4. The van der Waals surface area contributed by atoms with Gasteiger partial charge in [-0.05, 0) is 13.8 Å². The van der Waals surface area contributed by atoms with E-state index in [0.29, 0.717) is 0 Å². The number of nitrogens with zero attached hydrogens (tertiary/aromatic N) is 1. The Kier molecular flexibility index (Phi) is 2.00. The molecule has 72 valence electrons. The van der Waals surface area contributed by atoms with E-state index >= 15 is 0 Å². The van der Waals surface area contributed by atoms with Gasteiger partial charge in [0.15, 0.2) is 5.76 Å². The molecule has 3 nitrogen and oxygen atoms in total. The Hall–Kier alpha value is -1.77. The topological polar surface area (TPSA) is 52.0 Å². The largest absolute Gasteiger partial charge is 0.423 e. The Morgan fingerprint density at radius 1 is 1.14 bits per heavy atom. The van der Waals surface area contributed by atoms with Crippen LogP contribution in [0.1, 0.15) is 11.3 Å². The van der Waals surface area contributed by atoms with Crippen LogP contribution in [0, 0.1) is 13.8 Å². The second kappa shape index (κ2) is 3.18. The third kappa shape index (κ3) is 1.48. The molecular formula is C11H12N2O. The number of benzene rings is 1. The van der Waals surface area contributed by atoms with Crippen molar-refractivity contribution < 1.29 is 4.42 Å². The standard InChI is InChI=1S/C11H12N2O/c1-7-3-5-9(6-4-7)10-8(2)13-11(12)14-10/h3-6H,1-2H3,(H2,12,13). The molecule has 0 saturated heterocycles. The molecule has 2 aromatic rings. The van der Waals surface area contributed by atoms with Crippen molar-refractivity contribution >= 4 is 6.01 Å². The van der Waals surface area contributed by atoms with Crippen molar-refractivity contribution in [2.45, 2.75) is 13.8 Å². The van der Waals surface area contributed by atoms with Gasteiger partial charge in [-0.3, -0.25) is 0 Å². The maximum Gasteiger partial charge on any atom is 0.292 e. The van der Waals surface area contributed by atoms with Crippen LogP contribution >= 0.6 is 0 Å². The van der Waals surface area contributed by atoms with E-state index in [1.807, 2.05) is 38.1 Å². The van der Waals surface area contributed by atoms with Crippen LogP contribution in [-0.2, 0) is 0 Å². The molecule has 0 saturated carbocycles. The summed E-state index contributed by atoms with van der Waals surface area (Å²) in [6, 6.07) is 8.30. The molecule has 2 N–H and O–H groups in total. The fourth-order valence-corrected chi connectivity index (χ4v) is 1.39. The van der Waals surface area contributed by atoms with Gasteiger partial charge in [-0.1, -0.05) is 29.8 Å². The second-order valence-electron chi connectivity index (χ2n) is 3.33. The number of oxazole rings is 1. The van der Waals surface area contributed by atoms with Crippen molar-refractivity contribution in [3.63, 3.8) is 0 Å². The highest BCUT2D eigenvalue weighted by Crippen LogP contribution is 2.25. The van der Waals surface area contributed by atoms with Gasteiger partial charge in [0, 0.05) is 5.56 Å². The van der Waals surface area contributed by atoms with Gasteiger partial charge >= 0.3 is 0 Å². The highest BCUT2D eigenvalue weighted by Gasteiger charge is 2.08. The molecule has 0 radical (unpaired) electrons. The number of nitrogens with two attached hydrogens (primary N) is 1. The van der Waals surface area contributed by atoms with Crippen LogP contribution in [0.3, 0.4) is 0 Å². The average molecular weight is 188 g/mol. The van der Waals surface area contributed by atoms with Gasteiger partial charge in [-0.25, -0.2) is 0 Å². The van der Waals surface area contributed by atoms with Crippen LogP contribution in [0.2, 0.25) is 0 Å². The Morgan fingerprint density at radius 2 is 1.79 bits per heavy atom. The lowest BCUT2D eigenvalue weighted by Gasteiger charge is -1.97. The summed E-state index contributed by atoms with van der Waals surface area (Å²) in [5.41, 5.74) is 8.53. The van der Waals surface area contributed by atoms with Gasteiger partial charge in [0.05, 0.1) is 5.69 Å². The lowest BCUT2D eigenvalue weighted by atomic mass is 10.1. The summed E-state index contributed by atoms with van der Waals surface area (Å²) in [5.74, 6) is 0.752. The van der Waals surface area contributed by atoms with Crippen molar-refractivity contribution in [1.29, 1.82) is 0 Å². The lowest BCUT2D eigenvalue weighted by molar-refractivity contribution is 0.594. The molecule has 0 aliphatic heterocycles. The summed E-state index contributed by atoms with van der Waals surface area (Å²) in [6.45, 7) is 3.93. The Morgan fingerprint density at radius 3 is 2.29 bits per heavy atom. The first-order valence-electron chi connectivity index (χ1n) is 4.47. The van der Waals surface area contributed by atoms with Crippen molar-refractivity contribution in [3.05, 3.63) is 35.5 Å². The van der Waals surface area contributed by atoms with E-state index in [0.717, 1.165) is 17.0 Å². The van der Waals surface area contributed by atoms with Gasteiger partial charge in [-0.2, -0.15) is 4.98 Å². The number of nitrogen functional groups attached to an aromatic ring is 1. The van der Waals surface area contributed by atoms with E-state index in [1.165, 1.54) is 5.56 Å². The van der Waals surface area contributed by atoms with Crippen LogP contribution in [0.4, 0.5) is 6.01 Å². The van der Waals surface area contributed by atoms with Crippen molar-refractivity contribution in [2.24, 2.45) is 0 Å².